The highest BCUT2D eigenvalue weighted by molar-refractivity contribution is 5.74. The zero-order chi connectivity index (χ0) is 12.2. The predicted octanol–water partition coefficient (Wildman–Crippen LogP) is 3.65. The first kappa shape index (κ1) is 13.5. The van der Waals surface area contributed by atoms with Crippen LogP contribution in [0.4, 0.5) is 4.39 Å². The average molecular weight is 230 g/mol. The van der Waals surface area contributed by atoms with Crippen molar-refractivity contribution in [3.63, 3.8) is 0 Å². The van der Waals surface area contributed by atoms with E-state index in [0.29, 0.717) is 24.7 Å². The third-order valence-corrected chi connectivity index (χ3v) is 4.17. The lowest BCUT2D eigenvalue weighted by Gasteiger charge is -2.38. The van der Waals surface area contributed by atoms with Gasteiger partial charge in [0.1, 0.15) is 0 Å². The fourth-order valence-electron chi connectivity index (χ4n) is 2.84. The van der Waals surface area contributed by atoms with E-state index in [1.807, 2.05) is 0 Å². The molecule has 1 aliphatic rings. The summed E-state index contributed by atoms with van der Waals surface area (Å²) in [5.41, 5.74) is -0.628. The number of alkyl halides is 1. The summed E-state index contributed by atoms with van der Waals surface area (Å²) in [5, 5.41) is 9.32. The van der Waals surface area contributed by atoms with E-state index < -0.39 is 18.1 Å². The van der Waals surface area contributed by atoms with Crippen LogP contribution in [0, 0.1) is 17.3 Å². The Bertz CT molecular complexity index is 230. The molecule has 0 amide bonds. The number of aliphatic carboxylic acids is 1. The molecule has 1 saturated carbocycles. The molecule has 1 N–H and O–H groups in total. The van der Waals surface area contributed by atoms with Gasteiger partial charge >= 0.3 is 5.97 Å². The molecule has 0 bridgehead atoms. The number of carbonyl (C=O) groups is 1. The van der Waals surface area contributed by atoms with Crippen LogP contribution < -0.4 is 0 Å². The maximum atomic E-state index is 12.2. The fourth-order valence-corrected chi connectivity index (χ4v) is 2.84. The summed E-state index contributed by atoms with van der Waals surface area (Å²) in [6.07, 6.45) is 4.31. The Morgan fingerprint density at radius 3 is 2.38 bits per heavy atom. The monoisotopic (exact) mass is 230 g/mol. The molecule has 2 nitrogen and oxygen atoms in total. The third kappa shape index (κ3) is 2.96. The van der Waals surface area contributed by atoms with Crippen LogP contribution in [-0.2, 0) is 4.79 Å². The molecule has 1 rings (SSSR count). The van der Waals surface area contributed by atoms with Crippen molar-refractivity contribution in [1.29, 1.82) is 0 Å². The van der Waals surface area contributed by atoms with Gasteiger partial charge in [-0.15, -0.1) is 0 Å². The zero-order valence-electron chi connectivity index (χ0n) is 10.3. The van der Waals surface area contributed by atoms with Crippen molar-refractivity contribution in [3.05, 3.63) is 0 Å². The van der Waals surface area contributed by atoms with Crippen LogP contribution in [0.25, 0.3) is 0 Å². The molecule has 0 saturated heterocycles. The van der Waals surface area contributed by atoms with E-state index in [2.05, 4.69) is 13.8 Å². The summed E-state index contributed by atoms with van der Waals surface area (Å²) in [6.45, 7) is 3.99. The number of hydrogen-bond acceptors (Lipinski definition) is 1. The molecular formula is C13H23FO2. The maximum Gasteiger partial charge on any atom is 0.309 e. The largest absolute Gasteiger partial charge is 0.481 e. The number of carboxylic acids is 1. The normalized spacial score (nSPS) is 30.6. The van der Waals surface area contributed by atoms with E-state index in [0.717, 1.165) is 25.7 Å². The van der Waals surface area contributed by atoms with Crippen molar-refractivity contribution < 1.29 is 14.3 Å². The van der Waals surface area contributed by atoms with E-state index in [-0.39, 0.29) is 0 Å². The van der Waals surface area contributed by atoms with Crippen LogP contribution in [-0.4, -0.2) is 17.8 Å². The molecule has 16 heavy (non-hydrogen) atoms. The molecule has 0 aromatic heterocycles. The van der Waals surface area contributed by atoms with Crippen molar-refractivity contribution >= 4 is 5.97 Å². The Morgan fingerprint density at radius 2 is 2.00 bits per heavy atom. The summed E-state index contributed by atoms with van der Waals surface area (Å²) in [6, 6.07) is 0. The topological polar surface area (TPSA) is 37.3 Å². The molecule has 3 heteroatoms. The number of hydrogen-bond donors (Lipinski definition) is 1. The van der Waals surface area contributed by atoms with Gasteiger partial charge in [0, 0.05) is 0 Å². The minimum absolute atomic E-state index is 0.388. The number of halogens is 1. The highest BCUT2D eigenvalue weighted by Crippen LogP contribution is 2.44. The maximum absolute atomic E-state index is 12.2. The molecule has 1 aliphatic carbocycles. The first-order chi connectivity index (χ1) is 7.52. The van der Waals surface area contributed by atoms with Crippen molar-refractivity contribution in [3.8, 4) is 0 Å². The van der Waals surface area contributed by atoms with Gasteiger partial charge < -0.3 is 5.11 Å². The molecule has 0 aliphatic heterocycles. The molecule has 0 spiro atoms. The summed E-state index contributed by atoms with van der Waals surface area (Å²) >= 11 is 0. The number of carboxylic acid groups (broad SMARTS) is 1. The summed E-state index contributed by atoms with van der Waals surface area (Å²) in [5.74, 6) is 0.564. The molecule has 94 valence electrons. The van der Waals surface area contributed by atoms with E-state index >= 15 is 0 Å². The first-order valence-electron chi connectivity index (χ1n) is 6.31. The molecule has 0 aromatic carbocycles. The van der Waals surface area contributed by atoms with Gasteiger partial charge in [0.2, 0.25) is 0 Å². The molecule has 0 aromatic rings. The quantitative estimate of drug-likeness (QED) is 0.782. The average Bonchev–Trinajstić information content (AvgIpc) is 2.26. The van der Waals surface area contributed by atoms with Gasteiger partial charge in [-0.1, -0.05) is 13.8 Å². The van der Waals surface area contributed by atoms with Crippen molar-refractivity contribution in [1.82, 2.24) is 0 Å². The van der Waals surface area contributed by atoms with E-state index in [9.17, 15) is 14.3 Å². The lowest BCUT2D eigenvalue weighted by molar-refractivity contribution is -0.152. The van der Waals surface area contributed by atoms with Crippen LogP contribution in [0.15, 0.2) is 0 Å². The van der Waals surface area contributed by atoms with Crippen LogP contribution >= 0.6 is 0 Å². The predicted molar refractivity (Wildman–Crippen MR) is 62.1 cm³/mol. The van der Waals surface area contributed by atoms with E-state index in [1.165, 1.54) is 0 Å². The minimum atomic E-state index is -0.719. The summed E-state index contributed by atoms with van der Waals surface area (Å²) in [7, 11) is 0. The minimum Gasteiger partial charge on any atom is -0.481 e. The lowest BCUT2D eigenvalue weighted by Crippen LogP contribution is -2.36. The standard InChI is InChI=1S/C13H23FO2/c1-10(2)11-4-7-13(8-5-11,12(15)16)6-3-9-14/h10-11H,3-9H2,1-2H3,(H,15,16). The summed E-state index contributed by atoms with van der Waals surface area (Å²) < 4.78 is 12.2. The highest BCUT2D eigenvalue weighted by atomic mass is 19.1. The van der Waals surface area contributed by atoms with Gasteiger partial charge in [-0.3, -0.25) is 9.18 Å². The van der Waals surface area contributed by atoms with Gasteiger partial charge in [-0.2, -0.15) is 0 Å². The number of rotatable bonds is 5. The third-order valence-electron chi connectivity index (χ3n) is 4.17. The second-order valence-corrected chi connectivity index (χ2v) is 5.46. The van der Waals surface area contributed by atoms with E-state index in [1.54, 1.807) is 0 Å². The van der Waals surface area contributed by atoms with Crippen LogP contribution in [0.5, 0.6) is 0 Å². The molecule has 1 fully saturated rings. The van der Waals surface area contributed by atoms with Gasteiger partial charge in [0.15, 0.2) is 0 Å². The van der Waals surface area contributed by atoms with Crippen molar-refractivity contribution in [2.45, 2.75) is 52.4 Å². The van der Waals surface area contributed by atoms with Gasteiger partial charge in [0.05, 0.1) is 12.1 Å². The van der Waals surface area contributed by atoms with Crippen LogP contribution in [0.1, 0.15) is 52.4 Å². The van der Waals surface area contributed by atoms with Gasteiger partial charge in [-0.05, 0) is 50.4 Å². The second kappa shape index (κ2) is 5.65. The van der Waals surface area contributed by atoms with Crippen molar-refractivity contribution in [2.24, 2.45) is 17.3 Å². The Balaban J connectivity index is 2.59. The Morgan fingerprint density at radius 1 is 1.44 bits per heavy atom. The smallest absolute Gasteiger partial charge is 0.309 e. The molecule has 0 heterocycles. The molecule has 0 radical (unpaired) electrons. The molecule has 0 atom stereocenters. The molecular weight excluding hydrogens is 207 g/mol. The Kier molecular flexibility index (Phi) is 4.75. The zero-order valence-corrected chi connectivity index (χ0v) is 10.3. The fraction of sp³-hybridized carbons (Fsp3) is 0.923. The van der Waals surface area contributed by atoms with Crippen molar-refractivity contribution in [2.75, 3.05) is 6.67 Å². The first-order valence-corrected chi connectivity index (χ1v) is 6.31. The van der Waals surface area contributed by atoms with E-state index in [4.69, 9.17) is 0 Å². The highest BCUT2D eigenvalue weighted by Gasteiger charge is 2.41. The molecule has 0 unspecified atom stereocenters. The second-order valence-electron chi connectivity index (χ2n) is 5.46. The van der Waals surface area contributed by atoms with Gasteiger partial charge in [-0.25, -0.2) is 0 Å². The summed E-state index contributed by atoms with van der Waals surface area (Å²) in [4.78, 5) is 11.3. The van der Waals surface area contributed by atoms with Crippen LogP contribution in [0.3, 0.4) is 0 Å². The van der Waals surface area contributed by atoms with Crippen LogP contribution in [0.2, 0.25) is 0 Å². The lowest BCUT2D eigenvalue weighted by atomic mass is 9.66. The Hall–Kier alpha value is -0.600. The van der Waals surface area contributed by atoms with Gasteiger partial charge in [0.25, 0.3) is 0 Å². The Labute approximate surface area is 97.2 Å². The SMILES string of the molecule is CC(C)C1CCC(CCCF)(C(=O)O)CC1.